The monoisotopic (exact) mass is 218 g/mol. The van der Waals surface area contributed by atoms with Gasteiger partial charge in [0.25, 0.3) is 0 Å². The van der Waals surface area contributed by atoms with Crippen molar-refractivity contribution in [3.8, 4) is 11.5 Å². The zero-order valence-corrected chi connectivity index (χ0v) is 8.87. The molecule has 1 aromatic carbocycles. The Bertz CT molecular complexity index is 552. The molecule has 0 spiro atoms. The predicted octanol–water partition coefficient (Wildman–Crippen LogP) is 1.50. The molecule has 0 unspecified atom stereocenters. The molecular formula is C12H10O4. The molecule has 82 valence electrons. The summed E-state index contributed by atoms with van der Waals surface area (Å²) in [5.41, 5.74) is 1.33. The molecule has 0 aromatic heterocycles. The summed E-state index contributed by atoms with van der Waals surface area (Å²) in [6.07, 6.45) is 0. The molecule has 4 heteroatoms. The van der Waals surface area contributed by atoms with Crippen LogP contribution in [0.15, 0.2) is 12.1 Å². The second kappa shape index (κ2) is 3.20. The summed E-state index contributed by atoms with van der Waals surface area (Å²) in [7, 11) is 0. The van der Waals surface area contributed by atoms with Crippen LogP contribution in [0.4, 0.5) is 0 Å². The summed E-state index contributed by atoms with van der Waals surface area (Å²) in [6.45, 7) is 2.69. The molecule has 0 saturated heterocycles. The van der Waals surface area contributed by atoms with E-state index in [1.807, 2.05) is 0 Å². The maximum atomic E-state index is 11.4. The second-order valence-corrected chi connectivity index (χ2v) is 3.72. The van der Waals surface area contributed by atoms with Gasteiger partial charge in [-0.05, 0) is 31.5 Å². The average molecular weight is 218 g/mol. The fraction of sp³-hybridized carbons (Fsp3) is 0.167. The fourth-order valence-electron chi connectivity index (χ4n) is 1.96. The highest BCUT2D eigenvalue weighted by Gasteiger charge is 2.34. The first kappa shape index (κ1) is 10.4. The highest BCUT2D eigenvalue weighted by Crippen LogP contribution is 2.49. The van der Waals surface area contributed by atoms with Crippen LogP contribution < -0.4 is 0 Å². The van der Waals surface area contributed by atoms with Gasteiger partial charge in [-0.25, -0.2) is 0 Å². The van der Waals surface area contributed by atoms with E-state index in [9.17, 15) is 19.8 Å². The molecule has 0 saturated carbocycles. The van der Waals surface area contributed by atoms with Gasteiger partial charge in [0.1, 0.15) is 0 Å². The van der Waals surface area contributed by atoms with Crippen LogP contribution in [0.1, 0.15) is 25.0 Å². The van der Waals surface area contributed by atoms with Crippen LogP contribution >= 0.6 is 0 Å². The number of ketones is 2. The lowest BCUT2D eigenvalue weighted by atomic mass is 9.76. The SMILES string of the molecule is CC(=O)C1=C(C(C)=O)c2c1ccc(O)c2O. The molecule has 0 aliphatic heterocycles. The van der Waals surface area contributed by atoms with Crippen molar-refractivity contribution >= 4 is 22.7 Å². The molecule has 0 atom stereocenters. The Kier molecular flexibility index (Phi) is 2.08. The number of rotatable bonds is 2. The quantitative estimate of drug-likeness (QED) is 0.737. The van der Waals surface area contributed by atoms with E-state index in [1.165, 1.54) is 26.0 Å². The maximum Gasteiger partial charge on any atom is 0.166 e. The van der Waals surface area contributed by atoms with E-state index < -0.39 is 0 Å². The van der Waals surface area contributed by atoms with E-state index in [0.717, 1.165) is 0 Å². The third kappa shape index (κ3) is 1.16. The zero-order chi connectivity index (χ0) is 12.0. The minimum atomic E-state index is -0.340. The van der Waals surface area contributed by atoms with Crippen molar-refractivity contribution < 1.29 is 19.8 Å². The highest BCUT2D eigenvalue weighted by molar-refractivity contribution is 6.46. The van der Waals surface area contributed by atoms with Gasteiger partial charge in [0, 0.05) is 16.7 Å². The number of fused-ring (bicyclic) bond motifs is 1. The lowest BCUT2D eigenvalue weighted by Gasteiger charge is -2.25. The van der Waals surface area contributed by atoms with Crippen LogP contribution in [0.25, 0.3) is 11.1 Å². The van der Waals surface area contributed by atoms with Gasteiger partial charge in [0.2, 0.25) is 0 Å². The van der Waals surface area contributed by atoms with Crippen molar-refractivity contribution in [1.29, 1.82) is 0 Å². The molecule has 0 amide bonds. The molecule has 0 bridgehead atoms. The molecule has 2 rings (SSSR count). The second-order valence-electron chi connectivity index (χ2n) is 3.72. The molecule has 1 aromatic rings. The summed E-state index contributed by atoms with van der Waals surface area (Å²) in [6, 6.07) is 2.82. The summed E-state index contributed by atoms with van der Waals surface area (Å²) < 4.78 is 0. The summed E-state index contributed by atoms with van der Waals surface area (Å²) >= 11 is 0. The van der Waals surface area contributed by atoms with Crippen LogP contribution in [-0.2, 0) is 9.59 Å². The van der Waals surface area contributed by atoms with E-state index in [1.54, 1.807) is 0 Å². The third-order valence-electron chi connectivity index (χ3n) is 2.63. The Labute approximate surface area is 91.8 Å². The molecule has 0 heterocycles. The molecular weight excluding hydrogens is 208 g/mol. The normalized spacial score (nSPS) is 13.1. The minimum Gasteiger partial charge on any atom is -0.504 e. The number of phenols is 2. The molecule has 16 heavy (non-hydrogen) atoms. The predicted molar refractivity (Wildman–Crippen MR) is 57.9 cm³/mol. The Morgan fingerprint density at radius 3 is 2.06 bits per heavy atom. The van der Waals surface area contributed by atoms with E-state index in [4.69, 9.17) is 0 Å². The smallest absolute Gasteiger partial charge is 0.166 e. The third-order valence-corrected chi connectivity index (χ3v) is 2.63. The first-order chi connectivity index (χ1) is 7.45. The number of hydrogen-bond acceptors (Lipinski definition) is 4. The molecule has 4 nitrogen and oxygen atoms in total. The maximum absolute atomic E-state index is 11.4. The van der Waals surface area contributed by atoms with Gasteiger partial charge in [-0.3, -0.25) is 9.59 Å². The molecule has 0 radical (unpaired) electrons. The lowest BCUT2D eigenvalue weighted by molar-refractivity contribution is -0.113. The van der Waals surface area contributed by atoms with Gasteiger partial charge >= 0.3 is 0 Å². The van der Waals surface area contributed by atoms with E-state index in [-0.39, 0.29) is 34.2 Å². The van der Waals surface area contributed by atoms with Crippen molar-refractivity contribution in [1.82, 2.24) is 0 Å². The van der Waals surface area contributed by atoms with E-state index in [0.29, 0.717) is 11.1 Å². The number of carbonyl (C=O) groups excluding carboxylic acids is 2. The number of carbonyl (C=O) groups is 2. The number of Topliss-reactive ketones (excluding diaryl/α,β-unsaturated/α-hetero) is 2. The van der Waals surface area contributed by atoms with Crippen molar-refractivity contribution in [2.45, 2.75) is 13.8 Å². The Balaban J connectivity index is 2.71. The van der Waals surface area contributed by atoms with Crippen molar-refractivity contribution in [3.63, 3.8) is 0 Å². The van der Waals surface area contributed by atoms with Gasteiger partial charge in [-0.2, -0.15) is 0 Å². The summed E-state index contributed by atoms with van der Waals surface area (Å²) in [5, 5.41) is 18.9. The molecule has 0 fully saturated rings. The van der Waals surface area contributed by atoms with Crippen LogP contribution in [0.2, 0.25) is 0 Å². The standard InChI is InChI=1S/C12H10O4/c1-5(13)9-7-3-4-8(15)12(16)11(7)10(9)6(2)14/h3-4,15-16H,1-2H3. The van der Waals surface area contributed by atoms with Crippen molar-refractivity contribution in [3.05, 3.63) is 23.3 Å². The number of benzene rings is 1. The van der Waals surface area contributed by atoms with Crippen LogP contribution in [-0.4, -0.2) is 21.8 Å². The Hall–Kier alpha value is -2.10. The number of hydrogen-bond donors (Lipinski definition) is 2. The first-order valence-corrected chi connectivity index (χ1v) is 4.77. The molecule has 1 aliphatic carbocycles. The summed E-state index contributed by atoms with van der Waals surface area (Å²) in [4.78, 5) is 22.7. The van der Waals surface area contributed by atoms with E-state index in [2.05, 4.69) is 0 Å². The minimum absolute atomic E-state index is 0.205. The Morgan fingerprint density at radius 2 is 1.56 bits per heavy atom. The zero-order valence-electron chi connectivity index (χ0n) is 8.87. The number of phenolic OH excluding ortho intramolecular Hbond substituents is 2. The number of allylic oxidation sites excluding steroid dienone is 2. The molecule has 1 aliphatic rings. The fourth-order valence-corrected chi connectivity index (χ4v) is 1.96. The highest BCUT2D eigenvalue weighted by atomic mass is 16.3. The summed E-state index contributed by atoms with van der Waals surface area (Å²) in [5.74, 6) is -1.14. The van der Waals surface area contributed by atoms with Gasteiger partial charge < -0.3 is 10.2 Å². The largest absolute Gasteiger partial charge is 0.504 e. The first-order valence-electron chi connectivity index (χ1n) is 4.77. The lowest BCUT2D eigenvalue weighted by Crippen LogP contribution is -2.17. The van der Waals surface area contributed by atoms with Crippen LogP contribution in [0.3, 0.4) is 0 Å². The van der Waals surface area contributed by atoms with E-state index >= 15 is 0 Å². The van der Waals surface area contributed by atoms with Crippen molar-refractivity contribution in [2.75, 3.05) is 0 Å². The van der Waals surface area contributed by atoms with Gasteiger partial charge in [0.15, 0.2) is 23.1 Å². The average Bonchev–Trinajstić information content (AvgIpc) is 2.12. The van der Waals surface area contributed by atoms with Gasteiger partial charge in [-0.15, -0.1) is 0 Å². The van der Waals surface area contributed by atoms with Crippen LogP contribution in [0.5, 0.6) is 11.5 Å². The number of aromatic hydroxyl groups is 2. The van der Waals surface area contributed by atoms with Crippen LogP contribution in [0, 0.1) is 0 Å². The topological polar surface area (TPSA) is 74.6 Å². The Morgan fingerprint density at radius 1 is 1.00 bits per heavy atom. The van der Waals surface area contributed by atoms with Gasteiger partial charge in [0.05, 0.1) is 0 Å². The van der Waals surface area contributed by atoms with Crippen molar-refractivity contribution in [2.24, 2.45) is 0 Å². The van der Waals surface area contributed by atoms with Gasteiger partial charge in [-0.1, -0.05) is 0 Å². The molecule has 2 N–H and O–H groups in total.